The Hall–Kier alpha value is 0.137. The second-order valence-electron chi connectivity index (χ2n) is 6.75. The fourth-order valence-corrected chi connectivity index (χ4v) is 8.09. The van der Waals surface area contributed by atoms with Crippen LogP contribution >= 0.6 is 0 Å². The Morgan fingerprint density at radius 3 is 1.83 bits per heavy atom. The highest BCUT2D eigenvalue weighted by Crippen LogP contribution is 2.44. The summed E-state index contributed by atoms with van der Waals surface area (Å²) in [6, 6.07) is 1.13. The lowest BCUT2D eigenvalue weighted by molar-refractivity contribution is 0.153. The van der Waals surface area contributed by atoms with Crippen LogP contribution < -0.4 is 0 Å². The molecule has 0 amide bonds. The van der Waals surface area contributed by atoms with Gasteiger partial charge in [-0.05, 0) is 38.1 Å². The van der Waals surface area contributed by atoms with Gasteiger partial charge >= 0.3 is 8.56 Å². The molecule has 0 radical (unpaired) electrons. The predicted molar refractivity (Wildman–Crippen MR) is 80.1 cm³/mol. The highest BCUT2D eigenvalue weighted by Gasteiger charge is 2.48. The van der Waals surface area contributed by atoms with Crippen molar-refractivity contribution >= 4 is 8.56 Å². The molecule has 1 fully saturated rings. The summed E-state index contributed by atoms with van der Waals surface area (Å²) in [5.41, 5.74) is 1.01. The van der Waals surface area contributed by atoms with Crippen LogP contribution in [0.3, 0.4) is 0 Å². The van der Waals surface area contributed by atoms with Crippen LogP contribution in [-0.4, -0.2) is 21.8 Å². The van der Waals surface area contributed by atoms with Crippen LogP contribution in [0.15, 0.2) is 0 Å². The van der Waals surface area contributed by atoms with E-state index in [4.69, 9.17) is 8.85 Å². The third-order valence-electron chi connectivity index (χ3n) is 3.78. The molecule has 0 spiro atoms. The molecule has 0 saturated heterocycles. The maximum absolute atomic E-state index is 6.30. The van der Waals surface area contributed by atoms with Crippen molar-refractivity contribution in [3.63, 3.8) is 0 Å². The summed E-state index contributed by atoms with van der Waals surface area (Å²) in [4.78, 5) is 0. The average Bonchev–Trinajstić information content (AvgIpc) is 2.28. The second-order valence-corrected chi connectivity index (χ2v) is 10.1. The van der Waals surface area contributed by atoms with Gasteiger partial charge in [-0.1, -0.05) is 40.0 Å². The van der Waals surface area contributed by atoms with E-state index in [-0.39, 0.29) is 0 Å². The van der Waals surface area contributed by atoms with Gasteiger partial charge in [0.15, 0.2) is 0 Å². The molecule has 3 heteroatoms. The van der Waals surface area contributed by atoms with Gasteiger partial charge in [0.05, 0.1) is 0 Å². The zero-order valence-electron chi connectivity index (χ0n) is 13.1. The average molecular weight is 273 g/mol. The second kappa shape index (κ2) is 7.06. The molecule has 1 saturated carbocycles. The van der Waals surface area contributed by atoms with Gasteiger partial charge in [0.25, 0.3) is 0 Å². The van der Waals surface area contributed by atoms with Gasteiger partial charge in [0.1, 0.15) is 0 Å². The van der Waals surface area contributed by atoms with Crippen molar-refractivity contribution in [1.29, 1.82) is 0 Å². The standard InChI is InChI=1S/C15H32O2Si/c1-6-16-18(17-7-2,13-15(3,4)5)14-11-9-8-10-12-14/h14H,6-13H2,1-5H3. The summed E-state index contributed by atoms with van der Waals surface area (Å²) in [6.07, 6.45) is 6.77. The summed E-state index contributed by atoms with van der Waals surface area (Å²) in [6.45, 7) is 12.8. The number of hydrogen-bond acceptors (Lipinski definition) is 2. The van der Waals surface area contributed by atoms with Crippen molar-refractivity contribution in [2.75, 3.05) is 13.2 Å². The van der Waals surface area contributed by atoms with E-state index in [1.807, 2.05) is 0 Å². The third kappa shape index (κ3) is 4.67. The van der Waals surface area contributed by atoms with Crippen LogP contribution in [-0.2, 0) is 8.85 Å². The van der Waals surface area contributed by atoms with Crippen molar-refractivity contribution in [3.8, 4) is 0 Å². The highest BCUT2D eigenvalue weighted by molar-refractivity contribution is 6.69. The molecule has 0 bridgehead atoms. The Morgan fingerprint density at radius 1 is 0.944 bits per heavy atom. The molecule has 1 rings (SSSR count). The molecule has 1 aliphatic carbocycles. The molecule has 0 N–H and O–H groups in total. The van der Waals surface area contributed by atoms with E-state index < -0.39 is 8.56 Å². The first-order chi connectivity index (χ1) is 8.43. The first-order valence-electron chi connectivity index (χ1n) is 7.71. The molecule has 1 aliphatic rings. The SMILES string of the molecule is CCO[Si](CC(C)(C)C)(OCC)C1CCCCC1. The third-order valence-corrected chi connectivity index (χ3v) is 8.71. The van der Waals surface area contributed by atoms with Gasteiger partial charge in [-0.25, -0.2) is 0 Å². The summed E-state index contributed by atoms with van der Waals surface area (Å²) in [5.74, 6) is 0. The molecule has 0 aromatic rings. The molecule has 2 nitrogen and oxygen atoms in total. The molecule has 0 aliphatic heterocycles. The first kappa shape index (κ1) is 16.2. The van der Waals surface area contributed by atoms with Crippen molar-refractivity contribution in [3.05, 3.63) is 0 Å². The normalized spacial score (nSPS) is 19.2. The molecule has 108 valence electrons. The molecular weight excluding hydrogens is 240 g/mol. The highest BCUT2D eigenvalue weighted by atomic mass is 28.4. The van der Waals surface area contributed by atoms with Crippen molar-refractivity contribution in [1.82, 2.24) is 0 Å². The molecule has 0 aromatic heterocycles. The fourth-order valence-electron chi connectivity index (χ4n) is 3.29. The van der Waals surface area contributed by atoms with Crippen LogP contribution in [0.5, 0.6) is 0 Å². The minimum Gasteiger partial charge on any atom is -0.394 e. The summed E-state index contributed by atoms with van der Waals surface area (Å²) in [7, 11) is -2.03. The Labute approximate surface area is 115 Å². The van der Waals surface area contributed by atoms with E-state index in [9.17, 15) is 0 Å². The van der Waals surface area contributed by atoms with Crippen LogP contribution in [0.1, 0.15) is 66.7 Å². The van der Waals surface area contributed by atoms with E-state index in [1.165, 1.54) is 32.1 Å². The molecular formula is C15H32O2Si. The summed E-state index contributed by atoms with van der Waals surface area (Å²) < 4.78 is 12.6. The quantitative estimate of drug-likeness (QED) is 0.641. The van der Waals surface area contributed by atoms with Gasteiger partial charge in [-0.15, -0.1) is 0 Å². The van der Waals surface area contributed by atoms with Crippen molar-refractivity contribution in [2.24, 2.45) is 5.41 Å². The van der Waals surface area contributed by atoms with E-state index >= 15 is 0 Å². The Bertz CT molecular complexity index is 223. The van der Waals surface area contributed by atoms with E-state index in [1.54, 1.807) is 0 Å². The maximum Gasteiger partial charge on any atom is 0.341 e. The summed E-state index contributed by atoms with van der Waals surface area (Å²) >= 11 is 0. The largest absolute Gasteiger partial charge is 0.394 e. The zero-order valence-corrected chi connectivity index (χ0v) is 14.1. The Morgan fingerprint density at radius 2 is 1.44 bits per heavy atom. The van der Waals surface area contributed by atoms with Crippen LogP contribution in [0.2, 0.25) is 11.6 Å². The van der Waals surface area contributed by atoms with Crippen LogP contribution in [0, 0.1) is 5.41 Å². The lowest BCUT2D eigenvalue weighted by Gasteiger charge is -2.42. The lowest BCUT2D eigenvalue weighted by atomic mass is 9.99. The van der Waals surface area contributed by atoms with Gasteiger partial charge in [-0.2, -0.15) is 0 Å². The Kier molecular flexibility index (Phi) is 6.35. The zero-order chi connectivity index (χ0) is 13.6. The van der Waals surface area contributed by atoms with E-state index in [0.29, 0.717) is 11.0 Å². The van der Waals surface area contributed by atoms with Crippen molar-refractivity contribution in [2.45, 2.75) is 78.3 Å². The van der Waals surface area contributed by atoms with Gasteiger partial charge < -0.3 is 8.85 Å². The molecule has 0 aromatic carbocycles. The topological polar surface area (TPSA) is 18.5 Å². The number of rotatable bonds is 6. The monoisotopic (exact) mass is 272 g/mol. The maximum atomic E-state index is 6.30. The molecule has 0 unspecified atom stereocenters. The van der Waals surface area contributed by atoms with Crippen LogP contribution in [0.25, 0.3) is 0 Å². The van der Waals surface area contributed by atoms with E-state index in [0.717, 1.165) is 19.3 Å². The van der Waals surface area contributed by atoms with Gasteiger partial charge in [0.2, 0.25) is 0 Å². The van der Waals surface area contributed by atoms with E-state index in [2.05, 4.69) is 34.6 Å². The van der Waals surface area contributed by atoms with Gasteiger partial charge in [0, 0.05) is 18.8 Å². The smallest absolute Gasteiger partial charge is 0.341 e. The van der Waals surface area contributed by atoms with Crippen LogP contribution in [0.4, 0.5) is 0 Å². The molecule has 0 heterocycles. The number of hydrogen-bond donors (Lipinski definition) is 0. The molecule has 0 atom stereocenters. The van der Waals surface area contributed by atoms with Crippen molar-refractivity contribution < 1.29 is 8.85 Å². The lowest BCUT2D eigenvalue weighted by Crippen LogP contribution is -2.50. The minimum atomic E-state index is -2.03. The molecule has 18 heavy (non-hydrogen) atoms. The predicted octanol–water partition coefficient (Wildman–Crippen LogP) is 4.88. The Balaban J connectivity index is 2.87. The van der Waals surface area contributed by atoms with Gasteiger partial charge in [-0.3, -0.25) is 0 Å². The minimum absolute atomic E-state index is 0.300. The fraction of sp³-hybridized carbons (Fsp3) is 1.00. The summed E-state index contributed by atoms with van der Waals surface area (Å²) in [5, 5.41) is 0. The first-order valence-corrected chi connectivity index (χ1v) is 9.81.